The zero-order chi connectivity index (χ0) is 36.3. The molecule has 3 heteroatoms. The lowest BCUT2D eigenvalue weighted by atomic mass is 9.96. The molecule has 0 aliphatic carbocycles. The van der Waals surface area contributed by atoms with Crippen molar-refractivity contribution >= 4 is 54.4 Å². The molecule has 11 rings (SSSR count). The highest BCUT2D eigenvalue weighted by atomic mass is 15.0. The molecule has 0 N–H and O–H groups in total. The van der Waals surface area contributed by atoms with E-state index in [1.165, 1.54) is 54.8 Å². The van der Waals surface area contributed by atoms with Crippen molar-refractivity contribution in [2.24, 2.45) is 0 Å². The Balaban J connectivity index is 0.887. The fourth-order valence-corrected chi connectivity index (χ4v) is 8.36. The Labute approximate surface area is 318 Å². The van der Waals surface area contributed by atoms with E-state index in [-0.39, 0.29) is 0 Å². The minimum absolute atomic E-state index is 0.867. The third kappa shape index (κ3) is 5.20. The van der Waals surface area contributed by atoms with Crippen LogP contribution in [-0.4, -0.2) is 14.5 Å². The molecule has 0 aliphatic rings. The maximum absolute atomic E-state index is 5.22. The number of rotatable bonds is 5. The number of aromatic nitrogens is 3. The van der Waals surface area contributed by atoms with Gasteiger partial charge in [-0.1, -0.05) is 158 Å². The standard InChI is InChI=1S/C52H33N3/c1-3-19-46-42(15-1)43-16-2-4-20-47(43)52-51(46)53-33-48(54-52)40-14-10-13-39(32-40)35-25-23-34(24-26-35)37-11-9-12-38(31-37)36-27-29-41(30-28-36)55-49-21-7-5-17-44(49)45-18-6-8-22-50(45)55/h1-33H. The maximum atomic E-state index is 5.22. The molecule has 11 aromatic rings. The fraction of sp³-hybridized carbons (Fsp3) is 0. The van der Waals surface area contributed by atoms with Crippen LogP contribution in [0.15, 0.2) is 200 Å². The first-order chi connectivity index (χ1) is 27.3. The summed E-state index contributed by atoms with van der Waals surface area (Å²) in [5.74, 6) is 0. The van der Waals surface area contributed by atoms with Gasteiger partial charge in [-0.05, 0) is 80.6 Å². The fourth-order valence-electron chi connectivity index (χ4n) is 8.36. The number of hydrogen-bond donors (Lipinski definition) is 0. The van der Waals surface area contributed by atoms with Gasteiger partial charge >= 0.3 is 0 Å². The van der Waals surface area contributed by atoms with Gasteiger partial charge in [0.15, 0.2) is 0 Å². The third-order valence-corrected chi connectivity index (χ3v) is 11.0. The van der Waals surface area contributed by atoms with Crippen molar-refractivity contribution in [3.05, 3.63) is 200 Å². The molecule has 2 heterocycles. The predicted molar refractivity (Wildman–Crippen MR) is 231 cm³/mol. The van der Waals surface area contributed by atoms with Gasteiger partial charge in [0.25, 0.3) is 0 Å². The van der Waals surface area contributed by atoms with Gasteiger partial charge in [0.05, 0.1) is 34.0 Å². The summed E-state index contributed by atoms with van der Waals surface area (Å²) in [4.78, 5) is 10.2. The molecule has 0 amide bonds. The molecule has 0 spiro atoms. The maximum Gasteiger partial charge on any atom is 0.0979 e. The Morgan fingerprint density at radius 1 is 0.309 bits per heavy atom. The SMILES string of the molecule is c1cc(-c2ccc(-c3cccc(-c4cnc5c6ccccc6c6ccccc6c5n4)c3)cc2)cc(-c2ccc(-n3c4ccccc4c4ccccc43)cc2)c1. The minimum atomic E-state index is 0.867. The largest absolute Gasteiger partial charge is 0.309 e. The summed E-state index contributed by atoms with van der Waals surface area (Å²) in [6, 6.07) is 69.5. The molecule has 55 heavy (non-hydrogen) atoms. The Bertz CT molecular complexity index is 3160. The first-order valence-corrected chi connectivity index (χ1v) is 18.7. The van der Waals surface area contributed by atoms with Crippen LogP contribution in [0.5, 0.6) is 0 Å². The van der Waals surface area contributed by atoms with Crippen molar-refractivity contribution in [2.75, 3.05) is 0 Å². The van der Waals surface area contributed by atoms with E-state index >= 15 is 0 Å². The van der Waals surface area contributed by atoms with Crippen molar-refractivity contribution < 1.29 is 0 Å². The summed E-state index contributed by atoms with van der Waals surface area (Å²) in [6.07, 6.45) is 1.91. The topological polar surface area (TPSA) is 30.7 Å². The minimum Gasteiger partial charge on any atom is -0.309 e. The van der Waals surface area contributed by atoms with Crippen LogP contribution in [0.2, 0.25) is 0 Å². The van der Waals surface area contributed by atoms with Crippen LogP contribution < -0.4 is 0 Å². The average Bonchev–Trinajstić information content (AvgIpc) is 3.61. The van der Waals surface area contributed by atoms with Gasteiger partial charge in [-0.3, -0.25) is 4.98 Å². The molecule has 0 atom stereocenters. The normalized spacial score (nSPS) is 11.6. The van der Waals surface area contributed by atoms with Gasteiger partial charge in [0.2, 0.25) is 0 Å². The highest BCUT2D eigenvalue weighted by Crippen LogP contribution is 2.36. The Morgan fingerprint density at radius 2 is 0.727 bits per heavy atom. The lowest BCUT2D eigenvalue weighted by molar-refractivity contribution is 1.18. The van der Waals surface area contributed by atoms with Crippen LogP contribution in [-0.2, 0) is 0 Å². The predicted octanol–water partition coefficient (Wildman–Crippen LogP) is 13.7. The molecule has 9 aromatic carbocycles. The Kier molecular flexibility index (Phi) is 7.17. The molecular formula is C52H33N3. The van der Waals surface area contributed by atoms with Crippen LogP contribution >= 0.6 is 0 Å². The van der Waals surface area contributed by atoms with E-state index in [0.29, 0.717) is 0 Å². The van der Waals surface area contributed by atoms with E-state index < -0.39 is 0 Å². The number of benzene rings is 9. The molecule has 0 saturated carbocycles. The summed E-state index contributed by atoms with van der Waals surface area (Å²) in [5, 5.41) is 7.20. The smallest absolute Gasteiger partial charge is 0.0979 e. The van der Waals surface area contributed by atoms with E-state index in [4.69, 9.17) is 9.97 Å². The van der Waals surface area contributed by atoms with Crippen molar-refractivity contribution in [3.8, 4) is 50.3 Å². The van der Waals surface area contributed by atoms with E-state index in [1.807, 2.05) is 6.20 Å². The first kappa shape index (κ1) is 31.2. The second-order valence-corrected chi connectivity index (χ2v) is 14.2. The quantitative estimate of drug-likeness (QED) is 0.167. The molecule has 2 aromatic heterocycles. The monoisotopic (exact) mass is 699 g/mol. The van der Waals surface area contributed by atoms with Crippen LogP contribution in [0.4, 0.5) is 0 Å². The van der Waals surface area contributed by atoms with Crippen molar-refractivity contribution in [1.29, 1.82) is 0 Å². The number of hydrogen-bond acceptors (Lipinski definition) is 2. The number of para-hydroxylation sites is 2. The zero-order valence-corrected chi connectivity index (χ0v) is 29.9. The molecule has 0 radical (unpaired) electrons. The van der Waals surface area contributed by atoms with E-state index in [1.54, 1.807) is 0 Å². The molecule has 3 nitrogen and oxygen atoms in total. The summed E-state index contributed by atoms with van der Waals surface area (Å²) in [7, 11) is 0. The molecular weight excluding hydrogens is 667 g/mol. The Morgan fingerprint density at radius 3 is 1.27 bits per heavy atom. The van der Waals surface area contributed by atoms with Crippen molar-refractivity contribution in [1.82, 2.24) is 14.5 Å². The second kappa shape index (κ2) is 12.6. The molecule has 0 fully saturated rings. The summed E-state index contributed by atoms with van der Waals surface area (Å²) >= 11 is 0. The highest BCUT2D eigenvalue weighted by Gasteiger charge is 2.14. The summed E-state index contributed by atoms with van der Waals surface area (Å²) in [5.41, 5.74) is 14.4. The molecule has 0 unspecified atom stereocenters. The zero-order valence-electron chi connectivity index (χ0n) is 29.9. The van der Waals surface area contributed by atoms with E-state index in [2.05, 4.69) is 199 Å². The summed E-state index contributed by atoms with van der Waals surface area (Å²) in [6.45, 7) is 0. The molecule has 0 aliphatic heterocycles. The van der Waals surface area contributed by atoms with Crippen LogP contribution in [0.3, 0.4) is 0 Å². The van der Waals surface area contributed by atoms with E-state index in [9.17, 15) is 0 Å². The average molecular weight is 700 g/mol. The number of fused-ring (bicyclic) bond motifs is 9. The van der Waals surface area contributed by atoms with Gasteiger partial charge < -0.3 is 4.57 Å². The van der Waals surface area contributed by atoms with Crippen LogP contribution in [0, 0.1) is 0 Å². The first-order valence-electron chi connectivity index (χ1n) is 18.7. The second-order valence-electron chi connectivity index (χ2n) is 14.2. The van der Waals surface area contributed by atoms with Gasteiger partial charge in [0, 0.05) is 32.8 Å². The van der Waals surface area contributed by atoms with Gasteiger partial charge in [-0.2, -0.15) is 0 Å². The molecule has 0 saturated heterocycles. The third-order valence-electron chi connectivity index (χ3n) is 11.0. The van der Waals surface area contributed by atoms with Gasteiger partial charge in [-0.25, -0.2) is 4.98 Å². The molecule has 0 bridgehead atoms. The van der Waals surface area contributed by atoms with Crippen molar-refractivity contribution in [2.45, 2.75) is 0 Å². The number of nitrogens with zero attached hydrogens (tertiary/aromatic N) is 3. The lowest BCUT2D eigenvalue weighted by Gasteiger charge is -2.11. The Hall–Kier alpha value is -7.36. The van der Waals surface area contributed by atoms with Crippen LogP contribution in [0.1, 0.15) is 0 Å². The van der Waals surface area contributed by atoms with E-state index in [0.717, 1.165) is 49.9 Å². The molecule has 256 valence electrons. The lowest BCUT2D eigenvalue weighted by Crippen LogP contribution is -1.93. The van der Waals surface area contributed by atoms with Crippen molar-refractivity contribution in [3.63, 3.8) is 0 Å². The highest BCUT2D eigenvalue weighted by molar-refractivity contribution is 6.23. The van der Waals surface area contributed by atoms with Gasteiger partial charge in [0.1, 0.15) is 0 Å². The summed E-state index contributed by atoms with van der Waals surface area (Å²) < 4.78 is 2.36. The van der Waals surface area contributed by atoms with Crippen LogP contribution in [0.25, 0.3) is 105 Å². The van der Waals surface area contributed by atoms with Gasteiger partial charge in [-0.15, -0.1) is 0 Å².